The summed E-state index contributed by atoms with van der Waals surface area (Å²) in [5, 5.41) is 0. The Morgan fingerprint density at radius 2 is 1.76 bits per heavy atom. The Morgan fingerprint density at radius 1 is 1.12 bits per heavy atom. The third-order valence-electron chi connectivity index (χ3n) is 3.45. The fourth-order valence-electron chi connectivity index (χ4n) is 2.07. The second-order valence-corrected chi connectivity index (χ2v) is 7.31. The largest absolute Gasteiger partial charge is 0.460 e. The van der Waals surface area contributed by atoms with E-state index in [-0.39, 0.29) is 11.5 Å². The number of sulfonamides is 1. The Balaban J connectivity index is 1.87. The van der Waals surface area contributed by atoms with E-state index in [0.29, 0.717) is 0 Å². The van der Waals surface area contributed by atoms with E-state index in [0.717, 1.165) is 11.1 Å². The van der Waals surface area contributed by atoms with Crippen LogP contribution in [-0.2, 0) is 19.6 Å². The summed E-state index contributed by atoms with van der Waals surface area (Å²) >= 11 is 0. The molecule has 0 aromatic heterocycles. The van der Waals surface area contributed by atoms with Gasteiger partial charge in [-0.2, -0.15) is 4.72 Å². The third kappa shape index (κ3) is 5.85. The van der Waals surface area contributed by atoms with Gasteiger partial charge in [-0.15, -0.1) is 0 Å². The van der Waals surface area contributed by atoms with Gasteiger partial charge in [-0.25, -0.2) is 8.42 Å². The first-order valence-electron chi connectivity index (χ1n) is 7.86. The van der Waals surface area contributed by atoms with Crippen LogP contribution in [0.3, 0.4) is 0 Å². The molecule has 5 nitrogen and oxygen atoms in total. The number of esters is 1. The summed E-state index contributed by atoms with van der Waals surface area (Å²) in [4.78, 5) is 12.0. The lowest BCUT2D eigenvalue weighted by molar-refractivity contribution is -0.143. The highest BCUT2D eigenvalue weighted by molar-refractivity contribution is 7.89. The van der Waals surface area contributed by atoms with E-state index < -0.39 is 22.0 Å². The molecule has 132 valence electrons. The monoisotopic (exact) mass is 359 g/mol. The summed E-state index contributed by atoms with van der Waals surface area (Å²) in [6.07, 6.45) is 3.53. The quantitative estimate of drug-likeness (QED) is 0.772. The maximum atomic E-state index is 12.2. The molecule has 1 atom stereocenters. The highest BCUT2D eigenvalue weighted by Crippen LogP contribution is 2.10. The molecule has 2 aromatic carbocycles. The van der Waals surface area contributed by atoms with Crippen LogP contribution in [0.15, 0.2) is 65.6 Å². The standard InChI is InChI=1S/C19H21NO4S/c1-15-10-12-18(13-11-15)25(22,23)20-16(2)19(21)24-14-6-9-17-7-4-3-5-8-17/h3-13,16,20H,14H2,1-2H3/b9-6+/t16-/m0/s1. The molecule has 0 saturated carbocycles. The normalized spacial score (nSPS) is 12.9. The Labute approximate surface area is 148 Å². The SMILES string of the molecule is Cc1ccc(S(=O)(=O)N[C@@H](C)C(=O)OC/C=C/c2ccccc2)cc1. The number of benzene rings is 2. The van der Waals surface area contributed by atoms with Crippen molar-refractivity contribution in [2.45, 2.75) is 24.8 Å². The van der Waals surface area contributed by atoms with Crippen molar-refractivity contribution in [2.75, 3.05) is 6.61 Å². The minimum Gasteiger partial charge on any atom is -0.460 e. The molecule has 0 fully saturated rings. The molecular formula is C19H21NO4S. The van der Waals surface area contributed by atoms with Crippen LogP contribution in [0.25, 0.3) is 6.08 Å². The zero-order chi connectivity index (χ0) is 18.3. The van der Waals surface area contributed by atoms with Crippen LogP contribution in [0.1, 0.15) is 18.1 Å². The Hall–Kier alpha value is -2.44. The molecule has 6 heteroatoms. The molecule has 0 spiro atoms. The highest BCUT2D eigenvalue weighted by atomic mass is 32.2. The third-order valence-corrected chi connectivity index (χ3v) is 5.01. The van der Waals surface area contributed by atoms with Crippen LogP contribution >= 0.6 is 0 Å². The van der Waals surface area contributed by atoms with E-state index >= 15 is 0 Å². The summed E-state index contributed by atoms with van der Waals surface area (Å²) in [7, 11) is -3.76. The van der Waals surface area contributed by atoms with Gasteiger partial charge in [0.2, 0.25) is 10.0 Å². The van der Waals surface area contributed by atoms with Crippen LogP contribution in [0.2, 0.25) is 0 Å². The summed E-state index contributed by atoms with van der Waals surface area (Å²) in [5.41, 5.74) is 1.95. The van der Waals surface area contributed by atoms with Crippen molar-refractivity contribution < 1.29 is 17.9 Å². The number of nitrogens with one attached hydrogen (secondary N) is 1. The number of carbonyl (C=O) groups excluding carboxylic acids is 1. The molecular weight excluding hydrogens is 338 g/mol. The second kappa shape index (κ2) is 8.60. The van der Waals surface area contributed by atoms with Gasteiger partial charge in [0.05, 0.1) is 4.90 Å². The van der Waals surface area contributed by atoms with Crippen molar-refractivity contribution in [3.05, 3.63) is 71.8 Å². The van der Waals surface area contributed by atoms with Crippen LogP contribution < -0.4 is 4.72 Å². The number of carbonyl (C=O) groups is 1. The first kappa shape index (κ1) is 18.9. The molecule has 0 bridgehead atoms. The molecule has 0 unspecified atom stereocenters. The van der Waals surface area contributed by atoms with Gasteiger partial charge in [0.25, 0.3) is 0 Å². The molecule has 2 aromatic rings. The van der Waals surface area contributed by atoms with Gasteiger partial charge < -0.3 is 4.74 Å². The first-order chi connectivity index (χ1) is 11.9. The highest BCUT2D eigenvalue weighted by Gasteiger charge is 2.22. The topological polar surface area (TPSA) is 72.5 Å². The number of rotatable bonds is 7. The zero-order valence-corrected chi connectivity index (χ0v) is 15.0. The molecule has 0 aliphatic heterocycles. The molecule has 0 saturated heterocycles. The van der Waals surface area contributed by atoms with E-state index in [1.807, 2.05) is 43.3 Å². The van der Waals surface area contributed by atoms with Gasteiger partial charge in [-0.3, -0.25) is 4.79 Å². The second-order valence-electron chi connectivity index (χ2n) is 5.60. The average molecular weight is 359 g/mol. The molecule has 0 heterocycles. The number of hydrogen-bond acceptors (Lipinski definition) is 4. The summed E-state index contributed by atoms with van der Waals surface area (Å²) in [5.74, 6) is -0.631. The van der Waals surface area contributed by atoms with Crippen molar-refractivity contribution >= 4 is 22.1 Å². The molecule has 25 heavy (non-hydrogen) atoms. The zero-order valence-electron chi connectivity index (χ0n) is 14.2. The van der Waals surface area contributed by atoms with E-state index in [9.17, 15) is 13.2 Å². The van der Waals surface area contributed by atoms with Gasteiger partial charge in [0.1, 0.15) is 12.6 Å². The van der Waals surface area contributed by atoms with E-state index in [1.54, 1.807) is 18.2 Å². The van der Waals surface area contributed by atoms with E-state index in [4.69, 9.17) is 4.74 Å². The Morgan fingerprint density at radius 3 is 2.40 bits per heavy atom. The molecule has 2 rings (SSSR count). The Kier molecular flexibility index (Phi) is 6.50. The minimum atomic E-state index is -3.76. The van der Waals surface area contributed by atoms with Crippen LogP contribution in [0, 0.1) is 6.92 Å². The fourth-order valence-corrected chi connectivity index (χ4v) is 3.26. The minimum absolute atomic E-state index is 0.0737. The van der Waals surface area contributed by atoms with E-state index in [2.05, 4.69) is 4.72 Å². The molecule has 0 aliphatic carbocycles. The van der Waals surface area contributed by atoms with Crippen molar-refractivity contribution in [3.8, 4) is 0 Å². The van der Waals surface area contributed by atoms with Gasteiger partial charge in [-0.1, -0.05) is 54.1 Å². The fraction of sp³-hybridized carbons (Fsp3) is 0.211. The van der Waals surface area contributed by atoms with Crippen molar-refractivity contribution in [2.24, 2.45) is 0 Å². The molecule has 0 radical (unpaired) electrons. The summed E-state index contributed by atoms with van der Waals surface area (Å²) in [6, 6.07) is 15.0. The Bertz CT molecular complexity index is 827. The summed E-state index contributed by atoms with van der Waals surface area (Å²) < 4.78 is 31.9. The number of aryl methyl sites for hydroxylation is 1. The first-order valence-corrected chi connectivity index (χ1v) is 9.34. The van der Waals surface area contributed by atoms with Gasteiger partial charge in [0, 0.05) is 0 Å². The lowest BCUT2D eigenvalue weighted by atomic mass is 10.2. The lowest BCUT2D eigenvalue weighted by Gasteiger charge is -2.13. The predicted octanol–water partition coefficient (Wildman–Crippen LogP) is 2.92. The van der Waals surface area contributed by atoms with Crippen LogP contribution in [-0.4, -0.2) is 27.0 Å². The van der Waals surface area contributed by atoms with Crippen molar-refractivity contribution in [3.63, 3.8) is 0 Å². The van der Waals surface area contributed by atoms with Gasteiger partial charge in [0.15, 0.2) is 0 Å². The van der Waals surface area contributed by atoms with Gasteiger partial charge >= 0.3 is 5.97 Å². The van der Waals surface area contributed by atoms with Gasteiger partial charge in [-0.05, 0) is 37.6 Å². The molecule has 1 N–H and O–H groups in total. The lowest BCUT2D eigenvalue weighted by Crippen LogP contribution is -2.39. The molecule has 0 amide bonds. The van der Waals surface area contributed by atoms with E-state index in [1.165, 1.54) is 19.1 Å². The molecule has 0 aliphatic rings. The number of ether oxygens (including phenoxy) is 1. The summed E-state index contributed by atoms with van der Waals surface area (Å²) in [6.45, 7) is 3.39. The average Bonchev–Trinajstić information content (AvgIpc) is 2.59. The maximum Gasteiger partial charge on any atom is 0.324 e. The maximum absolute atomic E-state index is 12.2. The van der Waals surface area contributed by atoms with Crippen LogP contribution in [0.5, 0.6) is 0 Å². The van der Waals surface area contributed by atoms with Crippen molar-refractivity contribution in [1.82, 2.24) is 4.72 Å². The van der Waals surface area contributed by atoms with Crippen LogP contribution in [0.4, 0.5) is 0 Å². The smallest absolute Gasteiger partial charge is 0.324 e. The number of hydrogen-bond donors (Lipinski definition) is 1. The van der Waals surface area contributed by atoms with Crippen molar-refractivity contribution in [1.29, 1.82) is 0 Å². The predicted molar refractivity (Wildman–Crippen MR) is 97.4 cm³/mol.